The molecule has 0 aromatic heterocycles. The lowest BCUT2D eigenvalue weighted by Crippen LogP contribution is -2.11. The summed E-state index contributed by atoms with van der Waals surface area (Å²) < 4.78 is 0. The molecule has 59 heavy (non-hydrogen) atoms. The Kier molecular flexibility index (Phi) is 9.68. The minimum atomic E-state index is 1.09. The van der Waals surface area contributed by atoms with Gasteiger partial charge in [0.25, 0.3) is 0 Å². The smallest absolute Gasteiger partial charge is 0.0540 e. The summed E-state index contributed by atoms with van der Waals surface area (Å²) in [5.74, 6) is 0. The summed E-state index contributed by atoms with van der Waals surface area (Å²) in [7, 11) is 0. The number of hydrogen-bond donors (Lipinski definition) is 0. The molecular formula is C58H41N. The van der Waals surface area contributed by atoms with Gasteiger partial charge in [-0.25, -0.2) is 0 Å². The Morgan fingerprint density at radius 1 is 0.237 bits per heavy atom. The van der Waals surface area contributed by atoms with Crippen molar-refractivity contribution in [1.82, 2.24) is 0 Å². The number of rotatable bonds is 9. The van der Waals surface area contributed by atoms with Crippen LogP contribution in [0, 0.1) is 0 Å². The van der Waals surface area contributed by atoms with Crippen LogP contribution < -0.4 is 4.90 Å². The molecule has 0 saturated carbocycles. The first-order chi connectivity index (χ1) is 29.3. The Bertz CT molecular complexity index is 2930. The van der Waals surface area contributed by atoms with E-state index in [1.165, 1.54) is 77.5 Å². The molecular weight excluding hydrogens is 711 g/mol. The van der Waals surface area contributed by atoms with E-state index in [4.69, 9.17) is 0 Å². The van der Waals surface area contributed by atoms with Gasteiger partial charge in [0.15, 0.2) is 0 Å². The van der Waals surface area contributed by atoms with Gasteiger partial charge in [-0.3, -0.25) is 0 Å². The van der Waals surface area contributed by atoms with Crippen LogP contribution >= 0.6 is 0 Å². The van der Waals surface area contributed by atoms with Crippen LogP contribution in [0.5, 0.6) is 0 Å². The zero-order chi connectivity index (χ0) is 39.4. The van der Waals surface area contributed by atoms with Gasteiger partial charge in [0.05, 0.1) is 5.69 Å². The minimum absolute atomic E-state index is 1.09. The second-order valence-corrected chi connectivity index (χ2v) is 14.9. The van der Waals surface area contributed by atoms with Crippen molar-refractivity contribution < 1.29 is 0 Å². The largest absolute Gasteiger partial charge is 0.310 e. The minimum Gasteiger partial charge on any atom is -0.310 e. The summed E-state index contributed by atoms with van der Waals surface area (Å²) >= 11 is 0. The molecule has 10 rings (SSSR count). The summed E-state index contributed by atoms with van der Waals surface area (Å²) in [6, 6.07) is 89.8. The molecule has 0 aliphatic carbocycles. The molecule has 0 unspecified atom stereocenters. The zero-order valence-electron chi connectivity index (χ0n) is 32.6. The van der Waals surface area contributed by atoms with Crippen molar-refractivity contribution >= 4 is 27.8 Å². The standard InChI is InChI=1S/C58H41N/c1-5-17-42(18-6-1)49-39-50(43-19-7-2-8-20-43)41-51(40-49)44-29-34-52(35-30-44)59(57-28-16-15-26-54(57)45-21-9-3-10-22-45)53-36-31-48(32-37-53)58-55-27-14-13-25-47(55)33-38-56(58)46-23-11-4-12-24-46/h1-41H. The summed E-state index contributed by atoms with van der Waals surface area (Å²) in [5, 5.41) is 2.48. The van der Waals surface area contributed by atoms with Gasteiger partial charge in [-0.05, 0) is 121 Å². The van der Waals surface area contributed by atoms with Gasteiger partial charge in [-0.15, -0.1) is 0 Å². The number of para-hydroxylation sites is 1. The van der Waals surface area contributed by atoms with E-state index >= 15 is 0 Å². The lowest BCUT2D eigenvalue weighted by atomic mass is 9.89. The van der Waals surface area contributed by atoms with Gasteiger partial charge in [-0.2, -0.15) is 0 Å². The molecule has 0 amide bonds. The van der Waals surface area contributed by atoms with Crippen molar-refractivity contribution in [3.8, 4) is 66.8 Å². The van der Waals surface area contributed by atoms with Crippen molar-refractivity contribution in [2.75, 3.05) is 4.90 Å². The van der Waals surface area contributed by atoms with Crippen LogP contribution in [0.1, 0.15) is 0 Å². The predicted molar refractivity (Wildman–Crippen MR) is 251 cm³/mol. The number of benzene rings is 10. The number of hydrogen-bond acceptors (Lipinski definition) is 1. The SMILES string of the molecule is c1ccc(-c2cc(-c3ccccc3)cc(-c3ccc(N(c4ccc(-c5c(-c6ccccc6)ccc6ccccc56)cc4)c4ccccc4-c4ccccc4)cc3)c2)cc1. The highest BCUT2D eigenvalue weighted by Crippen LogP contribution is 2.44. The van der Waals surface area contributed by atoms with Gasteiger partial charge in [0.1, 0.15) is 0 Å². The van der Waals surface area contributed by atoms with Crippen LogP contribution in [-0.4, -0.2) is 0 Å². The molecule has 1 heteroatoms. The van der Waals surface area contributed by atoms with Crippen molar-refractivity contribution in [3.05, 3.63) is 249 Å². The van der Waals surface area contributed by atoms with Gasteiger partial charge in [0, 0.05) is 16.9 Å². The van der Waals surface area contributed by atoms with E-state index in [-0.39, 0.29) is 0 Å². The Morgan fingerprint density at radius 3 is 1.19 bits per heavy atom. The maximum atomic E-state index is 2.40. The summed E-state index contributed by atoms with van der Waals surface area (Å²) in [4.78, 5) is 2.40. The molecule has 0 aliphatic heterocycles. The lowest BCUT2D eigenvalue weighted by Gasteiger charge is -2.28. The van der Waals surface area contributed by atoms with Crippen LogP contribution in [0.15, 0.2) is 249 Å². The maximum absolute atomic E-state index is 2.40. The first kappa shape index (κ1) is 35.7. The first-order valence-electron chi connectivity index (χ1n) is 20.3. The van der Waals surface area contributed by atoms with E-state index in [0.717, 1.165) is 17.1 Å². The van der Waals surface area contributed by atoms with Crippen LogP contribution in [0.2, 0.25) is 0 Å². The summed E-state index contributed by atoms with van der Waals surface area (Å²) in [6.45, 7) is 0. The van der Waals surface area contributed by atoms with Crippen molar-refractivity contribution in [2.45, 2.75) is 0 Å². The van der Waals surface area contributed by atoms with E-state index in [1.807, 2.05) is 0 Å². The average Bonchev–Trinajstić information content (AvgIpc) is 3.33. The second kappa shape index (κ2) is 16.0. The fraction of sp³-hybridized carbons (Fsp3) is 0. The Labute approximate surface area is 346 Å². The third-order valence-corrected chi connectivity index (χ3v) is 11.3. The predicted octanol–water partition coefficient (Wildman–Crippen LogP) is 16.3. The van der Waals surface area contributed by atoms with Gasteiger partial charge in [-0.1, -0.05) is 200 Å². The first-order valence-corrected chi connectivity index (χ1v) is 20.3. The van der Waals surface area contributed by atoms with Crippen LogP contribution in [0.25, 0.3) is 77.5 Å². The molecule has 0 heterocycles. The molecule has 10 aromatic rings. The maximum Gasteiger partial charge on any atom is 0.0540 e. The topological polar surface area (TPSA) is 3.24 Å². The second-order valence-electron chi connectivity index (χ2n) is 14.9. The zero-order valence-corrected chi connectivity index (χ0v) is 32.6. The molecule has 0 atom stereocenters. The fourth-order valence-corrected chi connectivity index (χ4v) is 8.37. The van der Waals surface area contributed by atoms with Gasteiger partial charge >= 0.3 is 0 Å². The molecule has 0 fully saturated rings. The Balaban J connectivity index is 1.10. The van der Waals surface area contributed by atoms with E-state index in [9.17, 15) is 0 Å². The third-order valence-electron chi connectivity index (χ3n) is 11.3. The number of fused-ring (bicyclic) bond motifs is 1. The highest BCUT2D eigenvalue weighted by molar-refractivity contribution is 6.04. The molecule has 0 spiro atoms. The van der Waals surface area contributed by atoms with Crippen molar-refractivity contribution in [1.29, 1.82) is 0 Å². The number of nitrogens with zero attached hydrogens (tertiary/aromatic N) is 1. The molecule has 0 radical (unpaired) electrons. The van der Waals surface area contributed by atoms with Crippen molar-refractivity contribution in [3.63, 3.8) is 0 Å². The molecule has 1 nitrogen and oxygen atoms in total. The molecule has 10 aromatic carbocycles. The van der Waals surface area contributed by atoms with E-state index in [1.54, 1.807) is 0 Å². The number of anilines is 3. The fourth-order valence-electron chi connectivity index (χ4n) is 8.37. The molecule has 0 N–H and O–H groups in total. The normalized spacial score (nSPS) is 11.1. The Hall–Kier alpha value is -7.74. The van der Waals surface area contributed by atoms with Crippen molar-refractivity contribution in [2.24, 2.45) is 0 Å². The average molecular weight is 752 g/mol. The van der Waals surface area contributed by atoms with E-state index in [2.05, 4.69) is 254 Å². The summed E-state index contributed by atoms with van der Waals surface area (Å²) in [5.41, 5.74) is 17.7. The monoisotopic (exact) mass is 751 g/mol. The highest BCUT2D eigenvalue weighted by atomic mass is 15.1. The van der Waals surface area contributed by atoms with E-state index < -0.39 is 0 Å². The molecule has 278 valence electrons. The van der Waals surface area contributed by atoms with Crippen LogP contribution in [0.4, 0.5) is 17.1 Å². The summed E-state index contributed by atoms with van der Waals surface area (Å²) in [6.07, 6.45) is 0. The quantitative estimate of drug-likeness (QED) is 0.142. The lowest BCUT2D eigenvalue weighted by molar-refractivity contribution is 1.28. The van der Waals surface area contributed by atoms with Crippen LogP contribution in [0.3, 0.4) is 0 Å². The Morgan fingerprint density at radius 2 is 0.644 bits per heavy atom. The molecule has 0 aliphatic rings. The van der Waals surface area contributed by atoms with E-state index in [0.29, 0.717) is 0 Å². The molecule has 0 saturated heterocycles. The molecule has 0 bridgehead atoms. The van der Waals surface area contributed by atoms with Crippen LogP contribution in [-0.2, 0) is 0 Å². The highest BCUT2D eigenvalue weighted by Gasteiger charge is 2.19. The van der Waals surface area contributed by atoms with Gasteiger partial charge in [0.2, 0.25) is 0 Å². The van der Waals surface area contributed by atoms with Gasteiger partial charge < -0.3 is 4.90 Å². The third kappa shape index (κ3) is 7.23.